The van der Waals surface area contributed by atoms with Crippen LogP contribution in [0.1, 0.15) is 5.56 Å². The molecule has 0 fully saturated rings. The van der Waals surface area contributed by atoms with Gasteiger partial charge in [-0.15, -0.1) is 0 Å². The lowest BCUT2D eigenvalue weighted by molar-refractivity contribution is -0.110. The highest BCUT2D eigenvalue weighted by Gasteiger charge is 2.30. The summed E-state index contributed by atoms with van der Waals surface area (Å²) in [5.41, 5.74) is 4.38. The van der Waals surface area contributed by atoms with Gasteiger partial charge >= 0.3 is 0 Å². The second-order valence-electron chi connectivity index (χ2n) is 6.12. The summed E-state index contributed by atoms with van der Waals surface area (Å²) >= 11 is 0. The minimum Gasteiger partial charge on any atom is -0.457 e. The summed E-state index contributed by atoms with van der Waals surface area (Å²) in [5.74, 6) is 0.689. The van der Waals surface area contributed by atoms with Gasteiger partial charge in [0.15, 0.2) is 5.71 Å². The number of hydrogen-bond acceptors (Lipinski definition) is 6. The van der Waals surface area contributed by atoms with E-state index >= 15 is 0 Å². The van der Waals surface area contributed by atoms with Crippen molar-refractivity contribution >= 4 is 33.1 Å². The maximum absolute atomic E-state index is 12.4. The fraction of sp³-hybridized carbons (Fsp3) is 0. The molecule has 8 nitrogen and oxygen atoms in total. The lowest BCUT2D eigenvalue weighted by atomic mass is 10.1. The first-order valence-corrected chi connectivity index (χ1v) is 9.95. The van der Waals surface area contributed by atoms with Crippen LogP contribution in [-0.4, -0.2) is 24.6 Å². The van der Waals surface area contributed by atoms with E-state index in [0.29, 0.717) is 28.4 Å². The Labute approximate surface area is 166 Å². The number of nitrogens with zero attached hydrogens (tertiary/aromatic N) is 1. The molecule has 4 rings (SSSR count). The molecule has 1 heterocycles. The zero-order chi connectivity index (χ0) is 20.4. The Morgan fingerprint density at radius 3 is 2.34 bits per heavy atom. The van der Waals surface area contributed by atoms with Crippen LogP contribution in [0.2, 0.25) is 0 Å². The summed E-state index contributed by atoms with van der Waals surface area (Å²) in [6.45, 7) is 0. The molecule has 0 saturated heterocycles. The van der Waals surface area contributed by atoms with Crippen molar-refractivity contribution in [3.8, 4) is 11.5 Å². The normalized spacial score (nSPS) is 14.4. The summed E-state index contributed by atoms with van der Waals surface area (Å²) in [6, 6.07) is 19.7. The Balaban J connectivity index is 1.64. The first-order chi connectivity index (χ1) is 13.9. The third-order valence-electron chi connectivity index (χ3n) is 4.15. The molecule has 146 valence electrons. The van der Waals surface area contributed by atoms with E-state index in [1.165, 1.54) is 24.3 Å². The molecular formula is C20H15N3O5S. The maximum atomic E-state index is 12.4. The third-order valence-corrected chi connectivity index (χ3v) is 5.01. The van der Waals surface area contributed by atoms with Crippen molar-refractivity contribution in [3.05, 3.63) is 78.4 Å². The summed E-state index contributed by atoms with van der Waals surface area (Å²) in [6.07, 6.45) is 0. The lowest BCUT2D eigenvalue weighted by Gasteiger charge is -2.10. The van der Waals surface area contributed by atoms with Gasteiger partial charge in [-0.05, 0) is 48.5 Å². The monoisotopic (exact) mass is 409 g/mol. The zero-order valence-electron chi connectivity index (χ0n) is 14.9. The number of fused-ring (bicyclic) bond motifs is 1. The molecule has 0 spiro atoms. The van der Waals surface area contributed by atoms with Gasteiger partial charge in [0.1, 0.15) is 11.5 Å². The van der Waals surface area contributed by atoms with Crippen molar-refractivity contribution in [2.45, 2.75) is 4.90 Å². The van der Waals surface area contributed by atoms with Crippen LogP contribution in [0.25, 0.3) is 0 Å². The maximum Gasteiger partial charge on any atom is 0.294 e. The van der Waals surface area contributed by atoms with Crippen molar-refractivity contribution in [3.63, 3.8) is 0 Å². The van der Waals surface area contributed by atoms with Gasteiger partial charge in [-0.25, -0.2) is 0 Å². The standard InChI is InChI=1S/C20H15N3O5S/c24-20-19(23-22-13-9-11-15(12-10-13)29(25,26)27)18-16(21-20)7-4-8-17(18)28-14-5-2-1-3-6-14/h1-12,22H,(H,21,23,24)(H,25,26,27). The predicted octanol–water partition coefficient (Wildman–Crippen LogP) is 3.49. The van der Waals surface area contributed by atoms with Crippen LogP contribution < -0.4 is 15.5 Å². The van der Waals surface area contributed by atoms with Gasteiger partial charge in [0.2, 0.25) is 0 Å². The van der Waals surface area contributed by atoms with Gasteiger partial charge in [0, 0.05) is 0 Å². The van der Waals surface area contributed by atoms with E-state index in [1.807, 2.05) is 18.2 Å². The van der Waals surface area contributed by atoms with Gasteiger partial charge in [0.05, 0.1) is 21.8 Å². The van der Waals surface area contributed by atoms with Crippen LogP contribution in [0.4, 0.5) is 11.4 Å². The number of amides is 1. The average Bonchev–Trinajstić information content (AvgIpc) is 3.03. The molecule has 3 N–H and O–H groups in total. The van der Waals surface area contributed by atoms with Gasteiger partial charge in [-0.3, -0.25) is 14.8 Å². The van der Waals surface area contributed by atoms with E-state index in [0.717, 1.165) is 0 Å². The fourth-order valence-corrected chi connectivity index (χ4v) is 3.28. The molecule has 29 heavy (non-hydrogen) atoms. The number of hydrogen-bond donors (Lipinski definition) is 3. The quantitative estimate of drug-likeness (QED) is 0.439. The molecule has 0 radical (unpaired) electrons. The molecular weight excluding hydrogens is 394 g/mol. The highest BCUT2D eigenvalue weighted by atomic mass is 32.2. The van der Waals surface area contributed by atoms with Crippen LogP contribution in [0.5, 0.6) is 11.5 Å². The SMILES string of the molecule is O=C1Nc2cccc(Oc3ccccc3)c2C1=NNc1ccc(S(=O)(=O)O)cc1. The van der Waals surface area contributed by atoms with Crippen LogP contribution in [0, 0.1) is 0 Å². The summed E-state index contributed by atoms with van der Waals surface area (Å²) in [7, 11) is -4.28. The molecule has 1 amide bonds. The number of ether oxygens (including phenoxy) is 1. The van der Waals surface area contributed by atoms with E-state index in [1.54, 1.807) is 30.3 Å². The van der Waals surface area contributed by atoms with Gasteiger partial charge < -0.3 is 10.1 Å². The van der Waals surface area contributed by atoms with Crippen LogP contribution >= 0.6 is 0 Å². The molecule has 0 atom stereocenters. The first-order valence-electron chi connectivity index (χ1n) is 8.51. The number of hydrazone groups is 1. The smallest absolute Gasteiger partial charge is 0.294 e. The Morgan fingerprint density at radius 1 is 0.931 bits per heavy atom. The Kier molecular flexibility index (Phi) is 4.75. The molecule has 0 saturated carbocycles. The number of nitrogens with one attached hydrogen (secondary N) is 2. The van der Waals surface area contributed by atoms with Crippen molar-refractivity contribution < 1.29 is 22.5 Å². The van der Waals surface area contributed by atoms with E-state index < -0.39 is 16.0 Å². The summed E-state index contributed by atoms with van der Waals surface area (Å²) in [5, 5.41) is 6.91. The van der Waals surface area contributed by atoms with Crippen molar-refractivity contribution in [1.29, 1.82) is 0 Å². The van der Waals surface area contributed by atoms with Gasteiger partial charge in [-0.1, -0.05) is 24.3 Å². The van der Waals surface area contributed by atoms with Gasteiger partial charge in [-0.2, -0.15) is 13.5 Å². The number of carbonyl (C=O) groups excluding carboxylic acids is 1. The molecule has 3 aromatic rings. The predicted molar refractivity (Wildman–Crippen MR) is 108 cm³/mol. The topological polar surface area (TPSA) is 117 Å². The third kappa shape index (κ3) is 3.96. The van der Waals surface area contributed by atoms with Crippen LogP contribution in [0.15, 0.2) is 82.8 Å². The van der Waals surface area contributed by atoms with E-state index in [9.17, 15) is 13.2 Å². The number of carbonyl (C=O) groups is 1. The van der Waals surface area contributed by atoms with Crippen molar-refractivity contribution in [1.82, 2.24) is 0 Å². The summed E-state index contributed by atoms with van der Waals surface area (Å²) in [4.78, 5) is 12.2. The molecule has 0 aliphatic carbocycles. The second-order valence-corrected chi connectivity index (χ2v) is 7.54. The first kappa shape index (κ1) is 18.7. The molecule has 0 aromatic heterocycles. The van der Waals surface area contributed by atoms with Crippen LogP contribution in [0.3, 0.4) is 0 Å². The number of anilines is 2. The molecule has 0 unspecified atom stereocenters. The molecule has 1 aliphatic rings. The Bertz CT molecular complexity index is 1210. The molecule has 9 heteroatoms. The Morgan fingerprint density at radius 2 is 1.66 bits per heavy atom. The van der Waals surface area contributed by atoms with E-state index in [4.69, 9.17) is 9.29 Å². The number of rotatable bonds is 5. The summed E-state index contributed by atoms with van der Waals surface area (Å²) < 4.78 is 37.2. The fourth-order valence-electron chi connectivity index (χ4n) is 2.80. The molecule has 3 aromatic carbocycles. The highest BCUT2D eigenvalue weighted by molar-refractivity contribution is 7.85. The second kappa shape index (κ2) is 7.38. The molecule has 0 bridgehead atoms. The highest BCUT2D eigenvalue weighted by Crippen LogP contribution is 2.34. The van der Waals surface area contributed by atoms with E-state index in [2.05, 4.69) is 15.8 Å². The van der Waals surface area contributed by atoms with Crippen LogP contribution in [-0.2, 0) is 14.9 Å². The van der Waals surface area contributed by atoms with E-state index in [-0.39, 0.29) is 10.6 Å². The number of para-hydroxylation sites is 1. The lowest BCUT2D eigenvalue weighted by Crippen LogP contribution is -2.16. The van der Waals surface area contributed by atoms with Crippen molar-refractivity contribution in [2.75, 3.05) is 10.7 Å². The zero-order valence-corrected chi connectivity index (χ0v) is 15.7. The molecule has 1 aliphatic heterocycles. The minimum atomic E-state index is -4.28. The number of benzene rings is 3. The minimum absolute atomic E-state index is 0.130. The largest absolute Gasteiger partial charge is 0.457 e. The average molecular weight is 409 g/mol. The van der Waals surface area contributed by atoms with Gasteiger partial charge in [0.25, 0.3) is 16.0 Å². The Hall–Kier alpha value is -3.69. The van der Waals surface area contributed by atoms with Crippen molar-refractivity contribution in [2.24, 2.45) is 5.10 Å².